The van der Waals surface area contributed by atoms with Crippen LogP contribution in [0.2, 0.25) is 10.0 Å². The number of rotatable bonds is 10. The van der Waals surface area contributed by atoms with E-state index in [1.165, 1.54) is 21.9 Å². The number of unbranched alkanes of at least 4 members (excludes halogenated alkanes) is 2. The van der Waals surface area contributed by atoms with Gasteiger partial charge in [0, 0.05) is 57.5 Å². The van der Waals surface area contributed by atoms with Crippen molar-refractivity contribution in [1.29, 1.82) is 0 Å². The minimum atomic E-state index is -0.876. The largest absolute Gasteiger partial charge is 4.00 e. The summed E-state index contributed by atoms with van der Waals surface area (Å²) in [6.07, 6.45) is 23.1. The molecule has 4 nitrogen and oxygen atoms in total. The van der Waals surface area contributed by atoms with Gasteiger partial charge < -0.3 is 9.80 Å². The summed E-state index contributed by atoms with van der Waals surface area (Å²) in [5.74, 6) is -4.06. The van der Waals surface area contributed by atoms with Gasteiger partial charge in [-0.2, -0.15) is 12.2 Å². The van der Waals surface area contributed by atoms with Gasteiger partial charge in [0.1, 0.15) is 0 Å². The summed E-state index contributed by atoms with van der Waals surface area (Å²) in [4.78, 5) is 27.8. The van der Waals surface area contributed by atoms with Gasteiger partial charge in [0.15, 0.2) is 0 Å². The first-order chi connectivity index (χ1) is 26.0. The van der Waals surface area contributed by atoms with E-state index in [2.05, 4.69) is 24.3 Å². The van der Waals surface area contributed by atoms with Crippen LogP contribution in [-0.4, -0.2) is 24.9 Å². The molecule has 284 valence electrons. The van der Waals surface area contributed by atoms with Crippen LogP contribution in [0.5, 0.6) is 0 Å². The molecule has 0 bridgehead atoms. The molecule has 0 N–H and O–H groups in total. The summed E-state index contributed by atoms with van der Waals surface area (Å²) >= 11 is 11.6. The molecule has 11 heteroatoms. The first kappa shape index (κ1) is 46.9. The zero-order valence-corrected chi connectivity index (χ0v) is 33.6. The normalized spacial score (nSPS) is 11.6. The Morgan fingerprint density at radius 1 is 0.600 bits per heavy atom. The molecule has 4 aromatic rings. The third-order valence-electron chi connectivity index (χ3n) is 7.58. The standard InChI is InChI=1S/2C17H15ClF2NO.2C5H5.Ti/c2*1-2-3-10-21(16-9-8-14(19)11-15(16)20)17(22)12-4-6-13(18)7-5-12;2*1-2-4-5-3-1;/h2*4-9H,2-3,10H2,1H3;2*1-3H,4H2;/q4*-1;+4. The zero-order valence-electron chi connectivity index (χ0n) is 30.5. The van der Waals surface area contributed by atoms with Gasteiger partial charge in [-0.1, -0.05) is 49.9 Å². The van der Waals surface area contributed by atoms with Gasteiger partial charge in [0.2, 0.25) is 11.8 Å². The monoisotopic (exact) mass is 822 g/mol. The fourth-order valence-electron chi connectivity index (χ4n) is 4.76. The zero-order chi connectivity index (χ0) is 39.3. The number of anilines is 2. The molecule has 4 aromatic carbocycles. The van der Waals surface area contributed by atoms with E-state index in [4.69, 9.17) is 23.2 Å². The number of carbonyl (C=O) groups is 2. The molecule has 0 fully saturated rings. The molecule has 0 aliphatic heterocycles. The molecule has 55 heavy (non-hydrogen) atoms. The summed E-state index contributed by atoms with van der Waals surface area (Å²) in [6.45, 7) is 4.62. The predicted octanol–water partition coefficient (Wildman–Crippen LogP) is 12.3. The third-order valence-corrected chi connectivity index (χ3v) is 8.08. The van der Waals surface area contributed by atoms with Gasteiger partial charge in [0.25, 0.3) is 0 Å². The fourth-order valence-corrected chi connectivity index (χ4v) is 5.01. The van der Waals surface area contributed by atoms with Crippen LogP contribution in [0.15, 0.2) is 109 Å². The van der Waals surface area contributed by atoms with E-state index in [1.54, 1.807) is 48.5 Å². The van der Waals surface area contributed by atoms with Crippen LogP contribution >= 0.6 is 23.2 Å². The maximum absolute atomic E-state index is 14.0. The maximum atomic E-state index is 14.0. The van der Waals surface area contributed by atoms with E-state index in [0.29, 0.717) is 47.1 Å². The molecule has 2 aliphatic rings. The first-order valence-electron chi connectivity index (χ1n) is 17.4. The number of benzene rings is 4. The van der Waals surface area contributed by atoms with Crippen molar-refractivity contribution in [1.82, 2.24) is 0 Å². The number of allylic oxidation sites excluding steroid dienone is 8. The van der Waals surface area contributed by atoms with E-state index in [9.17, 15) is 27.2 Å². The second-order valence-electron chi connectivity index (χ2n) is 11.7. The Bertz CT molecular complexity index is 1760. The van der Waals surface area contributed by atoms with E-state index in [1.807, 2.05) is 50.3 Å². The van der Waals surface area contributed by atoms with Gasteiger partial charge in [0.05, 0.1) is 0 Å². The van der Waals surface area contributed by atoms with Crippen LogP contribution in [0, 0.1) is 47.6 Å². The topological polar surface area (TPSA) is 40.6 Å². The molecule has 0 spiro atoms. The molecule has 0 saturated carbocycles. The Labute approximate surface area is 346 Å². The van der Waals surface area contributed by atoms with E-state index in [0.717, 1.165) is 37.8 Å². The van der Waals surface area contributed by atoms with Crippen molar-refractivity contribution >= 4 is 46.4 Å². The van der Waals surface area contributed by atoms with Crippen molar-refractivity contribution in [2.45, 2.75) is 52.4 Å². The van der Waals surface area contributed by atoms with Gasteiger partial charge in [-0.05, 0) is 72.7 Å². The molecule has 2 aliphatic carbocycles. The number of hydrogen-bond donors (Lipinski definition) is 0. The average molecular weight is 824 g/mol. The summed E-state index contributed by atoms with van der Waals surface area (Å²) in [5.41, 5.74) is 0.832. The van der Waals surface area contributed by atoms with Crippen LogP contribution in [-0.2, 0) is 21.7 Å². The summed E-state index contributed by atoms with van der Waals surface area (Å²) in [6, 6.07) is 21.3. The molecule has 0 heterocycles. The Morgan fingerprint density at radius 3 is 1.22 bits per heavy atom. The third kappa shape index (κ3) is 16.2. The fraction of sp³-hybridized carbons (Fsp3) is 0.227. The van der Waals surface area contributed by atoms with Crippen molar-refractivity contribution in [3.05, 3.63) is 178 Å². The first-order valence-corrected chi connectivity index (χ1v) is 18.1. The minimum absolute atomic E-state index is 0. The number of carbonyl (C=O) groups excluding carboxylic acids is 2. The number of hydrogen-bond acceptors (Lipinski definition) is 2. The van der Waals surface area contributed by atoms with E-state index in [-0.39, 0.29) is 44.9 Å². The molecule has 0 atom stereocenters. The molecular weight excluding hydrogens is 783 g/mol. The van der Waals surface area contributed by atoms with Crippen LogP contribution in [0.25, 0.3) is 0 Å². The molecule has 0 radical (unpaired) electrons. The Morgan fingerprint density at radius 2 is 0.964 bits per heavy atom. The van der Waals surface area contributed by atoms with Gasteiger partial charge in [-0.3, -0.25) is 21.7 Å². The average Bonchev–Trinajstić information content (AvgIpc) is 3.95. The van der Waals surface area contributed by atoms with Crippen molar-refractivity contribution < 1.29 is 48.9 Å². The predicted molar refractivity (Wildman–Crippen MR) is 210 cm³/mol. The van der Waals surface area contributed by atoms with E-state index < -0.39 is 23.3 Å². The molecular formula is C44H40Cl2F4N2O2Ti. The number of nitrogens with zero attached hydrogens (tertiary/aromatic N) is 2. The van der Waals surface area contributed by atoms with Gasteiger partial charge >= 0.3 is 21.7 Å². The minimum Gasteiger partial charge on any atom is -0.359 e. The van der Waals surface area contributed by atoms with Crippen molar-refractivity contribution in [3.8, 4) is 0 Å². The van der Waals surface area contributed by atoms with E-state index >= 15 is 0 Å². The Balaban J connectivity index is 0.000000298. The second-order valence-corrected chi connectivity index (χ2v) is 12.5. The summed E-state index contributed by atoms with van der Waals surface area (Å²) in [5, 5.41) is 1.02. The van der Waals surface area contributed by atoms with Gasteiger partial charge in [-0.25, -0.2) is 41.9 Å². The van der Waals surface area contributed by atoms with Crippen molar-refractivity contribution in [3.63, 3.8) is 0 Å². The molecule has 0 unspecified atom stereocenters. The summed E-state index contributed by atoms with van der Waals surface area (Å²) < 4.78 is 54.0. The van der Waals surface area contributed by atoms with Crippen LogP contribution in [0.1, 0.15) is 73.1 Å². The number of halogens is 6. The Kier molecular flexibility index (Phi) is 22.0. The maximum Gasteiger partial charge on any atom is 4.00 e. The summed E-state index contributed by atoms with van der Waals surface area (Å²) in [7, 11) is 0. The molecule has 6 rings (SSSR count). The quantitative estimate of drug-likeness (QED) is 0.0908. The van der Waals surface area contributed by atoms with Crippen LogP contribution in [0.4, 0.5) is 28.9 Å². The molecule has 0 aromatic heterocycles. The van der Waals surface area contributed by atoms with Crippen molar-refractivity contribution in [2.24, 2.45) is 0 Å². The van der Waals surface area contributed by atoms with Gasteiger partial charge in [-0.15, -0.1) is 49.2 Å². The van der Waals surface area contributed by atoms with Crippen LogP contribution < -0.4 is 9.80 Å². The van der Waals surface area contributed by atoms with Crippen LogP contribution in [0.3, 0.4) is 0 Å². The molecule has 2 amide bonds. The Hall–Kier alpha value is -4.21. The molecule has 0 saturated heterocycles. The SMILES string of the molecule is CCCCN(C(=O)c1ccc(Cl)cc1)c1ccc(F)[c-]c1F.CCCCN(C(=O)c1ccc(Cl)cc1)c1ccc(F)[c-]c1F.[C-]1=CC=CC1.[C-]1=CC=CC1.[Ti+4]. The van der Waals surface area contributed by atoms with Crippen molar-refractivity contribution in [2.75, 3.05) is 22.9 Å². The smallest absolute Gasteiger partial charge is 0.359 e. The second kappa shape index (κ2) is 25.8. The number of amides is 2.